The molecular formula is C19H24N2O4. The van der Waals surface area contributed by atoms with Crippen LogP contribution in [0.2, 0.25) is 0 Å². The number of hydrogen-bond donors (Lipinski definition) is 1. The van der Waals surface area contributed by atoms with Crippen LogP contribution in [0.1, 0.15) is 25.7 Å². The fraction of sp³-hybridized carbons (Fsp3) is 0.474. The maximum Gasteiger partial charge on any atom is 0.336 e. The van der Waals surface area contributed by atoms with E-state index in [2.05, 4.69) is 10.2 Å². The van der Waals surface area contributed by atoms with Crippen molar-refractivity contribution < 1.29 is 13.9 Å². The average molecular weight is 344 g/mol. The lowest BCUT2D eigenvalue weighted by atomic mass is 10.1. The molecule has 0 bridgehead atoms. The summed E-state index contributed by atoms with van der Waals surface area (Å²) < 4.78 is 10.6. The van der Waals surface area contributed by atoms with Gasteiger partial charge in [0.05, 0.1) is 0 Å². The van der Waals surface area contributed by atoms with Crippen molar-refractivity contribution in [3.63, 3.8) is 0 Å². The molecule has 3 rings (SSSR count). The maximum atomic E-state index is 11.9. The Hall–Kier alpha value is -2.34. The number of carbonyl (C=O) groups excluding carboxylic acids is 1. The van der Waals surface area contributed by atoms with Crippen LogP contribution in [0, 0.1) is 0 Å². The van der Waals surface area contributed by atoms with Crippen LogP contribution in [0.5, 0.6) is 5.75 Å². The van der Waals surface area contributed by atoms with Gasteiger partial charge in [-0.15, -0.1) is 0 Å². The Morgan fingerprint density at radius 2 is 1.96 bits per heavy atom. The SMILES string of the molecule is O=C(COc1ccc2ccc(=O)oc2c1)NCCCN1CCCCC1. The summed E-state index contributed by atoms with van der Waals surface area (Å²) in [6, 6.07) is 8.25. The zero-order valence-corrected chi connectivity index (χ0v) is 14.3. The molecule has 1 aromatic heterocycles. The number of ether oxygens (including phenoxy) is 1. The summed E-state index contributed by atoms with van der Waals surface area (Å²) in [7, 11) is 0. The van der Waals surface area contributed by atoms with Gasteiger partial charge < -0.3 is 19.4 Å². The second-order valence-electron chi connectivity index (χ2n) is 6.35. The summed E-state index contributed by atoms with van der Waals surface area (Å²) >= 11 is 0. The molecular weight excluding hydrogens is 320 g/mol. The van der Waals surface area contributed by atoms with Crippen molar-refractivity contribution in [1.29, 1.82) is 0 Å². The smallest absolute Gasteiger partial charge is 0.336 e. The number of piperidine rings is 1. The molecule has 1 amide bonds. The van der Waals surface area contributed by atoms with Crippen LogP contribution in [-0.4, -0.2) is 43.6 Å². The molecule has 6 heteroatoms. The summed E-state index contributed by atoms with van der Waals surface area (Å²) in [6.07, 6.45) is 4.85. The third-order valence-electron chi connectivity index (χ3n) is 4.39. The van der Waals surface area contributed by atoms with Gasteiger partial charge in [0, 0.05) is 24.1 Å². The number of benzene rings is 1. The largest absolute Gasteiger partial charge is 0.484 e. The molecule has 0 atom stereocenters. The molecule has 0 spiro atoms. The molecule has 0 unspecified atom stereocenters. The molecule has 1 saturated heterocycles. The lowest BCUT2D eigenvalue weighted by Gasteiger charge is -2.26. The van der Waals surface area contributed by atoms with Crippen molar-refractivity contribution in [2.75, 3.05) is 32.8 Å². The molecule has 134 valence electrons. The molecule has 1 N–H and O–H groups in total. The lowest BCUT2D eigenvalue weighted by molar-refractivity contribution is -0.123. The van der Waals surface area contributed by atoms with Gasteiger partial charge in [-0.3, -0.25) is 4.79 Å². The highest BCUT2D eigenvalue weighted by Gasteiger charge is 2.09. The van der Waals surface area contributed by atoms with Gasteiger partial charge in [0.15, 0.2) is 6.61 Å². The number of hydrogen-bond acceptors (Lipinski definition) is 5. The molecule has 1 fully saturated rings. The first-order valence-electron chi connectivity index (χ1n) is 8.86. The summed E-state index contributed by atoms with van der Waals surface area (Å²) in [5.41, 5.74) is 0.0445. The van der Waals surface area contributed by atoms with E-state index in [0.29, 0.717) is 17.9 Å². The standard InChI is InChI=1S/C19H24N2O4/c22-18(20-9-4-12-21-10-2-1-3-11-21)14-24-16-7-5-15-6-8-19(23)25-17(15)13-16/h5-8,13H,1-4,9-12,14H2,(H,20,22). The minimum atomic E-state index is -0.406. The van der Waals surface area contributed by atoms with E-state index in [9.17, 15) is 9.59 Å². The van der Waals surface area contributed by atoms with Gasteiger partial charge in [0.25, 0.3) is 5.91 Å². The highest BCUT2D eigenvalue weighted by atomic mass is 16.5. The number of carbonyl (C=O) groups is 1. The molecule has 6 nitrogen and oxygen atoms in total. The highest BCUT2D eigenvalue weighted by Crippen LogP contribution is 2.19. The van der Waals surface area contributed by atoms with E-state index in [4.69, 9.17) is 9.15 Å². The average Bonchev–Trinajstić information content (AvgIpc) is 2.64. The topological polar surface area (TPSA) is 71.8 Å². The number of likely N-dealkylation sites (tertiary alicyclic amines) is 1. The Balaban J connectivity index is 1.39. The van der Waals surface area contributed by atoms with Crippen molar-refractivity contribution in [1.82, 2.24) is 10.2 Å². The monoisotopic (exact) mass is 344 g/mol. The van der Waals surface area contributed by atoms with Gasteiger partial charge >= 0.3 is 5.63 Å². The van der Waals surface area contributed by atoms with Crippen LogP contribution in [0.3, 0.4) is 0 Å². The van der Waals surface area contributed by atoms with Crippen molar-refractivity contribution in [2.24, 2.45) is 0 Å². The van der Waals surface area contributed by atoms with Gasteiger partial charge in [-0.2, -0.15) is 0 Å². The Bertz CT molecular complexity index is 765. The Morgan fingerprint density at radius 1 is 1.16 bits per heavy atom. The predicted octanol–water partition coefficient (Wildman–Crippen LogP) is 2.16. The molecule has 2 aromatic rings. The van der Waals surface area contributed by atoms with Crippen molar-refractivity contribution in [2.45, 2.75) is 25.7 Å². The summed E-state index contributed by atoms with van der Waals surface area (Å²) in [5, 5.41) is 3.69. The summed E-state index contributed by atoms with van der Waals surface area (Å²) in [6.45, 7) is 3.99. The molecule has 1 aliphatic rings. The fourth-order valence-electron chi connectivity index (χ4n) is 3.04. The summed E-state index contributed by atoms with van der Waals surface area (Å²) in [4.78, 5) is 25.6. The Labute approximate surface area is 146 Å². The van der Waals surface area contributed by atoms with E-state index in [0.717, 1.165) is 18.4 Å². The number of amides is 1. The van der Waals surface area contributed by atoms with Crippen LogP contribution in [-0.2, 0) is 4.79 Å². The second-order valence-corrected chi connectivity index (χ2v) is 6.35. The van der Waals surface area contributed by atoms with E-state index in [1.54, 1.807) is 24.3 Å². The molecule has 2 heterocycles. The van der Waals surface area contributed by atoms with E-state index in [1.165, 1.54) is 38.4 Å². The molecule has 1 aliphatic heterocycles. The maximum absolute atomic E-state index is 11.9. The fourth-order valence-corrected chi connectivity index (χ4v) is 3.04. The molecule has 25 heavy (non-hydrogen) atoms. The van der Waals surface area contributed by atoms with Gasteiger partial charge in [-0.05, 0) is 57.1 Å². The van der Waals surface area contributed by atoms with Crippen LogP contribution in [0.15, 0.2) is 39.5 Å². The van der Waals surface area contributed by atoms with Gasteiger partial charge in [-0.25, -0.2) is 4.79 Å². The van der Waals surface area contributed by atoms with Crippen molar-refractivity contribution in [3.8, 4) is 5.75 Å². The quantitative estimate of drug-likeness (QED) is 0.616. The van der Waals surface area contributed by atoms with Gasteiger partial charge in [-0.1, -0.05) is 6.42 Å². The van der Waals surface area contributed by atoms with Crippen LogP contribution < -0.4 is 15.7 Å². The first-order chi connectivity index (χ1) is 12.2. The first kappa shape index (κ1) is 17.5. The molecule has 0 saturated carbocycles. The molecule has 0 radical (unpaired) electrons. The van der Waals surface area contributed by atoms with Gasteiger partial charge in [0.1, 0.15) is 11.3 Å². The van der Waals surface area contributed by atoms with Crippen LogP contribution in [0.4, 0.5) is 0 Å². The highest BCUT2D eigenvalue weighted by molar-refractivity contribution is 5.79. The Kier molecular flexibility index (Phi) is 6.06. The Morgan fingerprint density at radius 3 is 2.80 bits per heavy atom. The van der Waals surface area contributed by atoms with E-state index in [-0.39, 0.29) is 12.5 Å². The number of rotatable bonds is 7. The first-order valence-corrected chi connectivity index (χ1v) is 8.86. The zero-order chi connectivity index (χ0) is 17.5. The summed E-state index contributed by atoms with van der Waals surface area (Å²) in [5.74, 6) is 0.360. The number of fused-ring (bicyclic) bond motifs is 1. The van der Waals surface area contributed by atoms with Crippen LogP contribution >= 0.6 is 0 Å². The molecule has 1 aromatic carbocycles. The van der Waals surface area contributed by atoms with Gasteiger partial charge in [0.2, 0.25) is 0 Å². The third kappa shape index (κ3) is 5.32. The van der Waals surface area contributed by atoms with E-state index in [1.807, 2.05) is 0 Å². The van der Waals surface area contributed by atoms with Crippen LogP contribution in [0.25, 0.3) is 11.0 Å². The predicted molar refractivity (Wildman–Crippen MR) is 95.9 cm³/mol. The molecule has 0 aliphatic carbocycles. The minimum Gasteiger partial charge on any atom is -0.484 e. The zero-order valence-electron chi connectivity index (χ0n) is 14.3. The second kappa shape index (κ2) is 8.67. The van der Waals surface area contributed by atoms with E-state index >= 15 is 0 Å². The number of nitrogens with zero attached hydrogens (tertiary/aromatic N) is 1. The minimum absolute atomic E-state index is 0.0493. The number of nitrogens with one attached hydrogen (secondary N) is 1. The van der Waals surface area contributed by atoms with E-state index < -0.39 is 5.63 Å². The van der Waals surface area contributed by atoms with Crippen molar-refractivity contribution >= 4 is 16.9 Å². The normalized spacial score (nSPS) is 15.2. The third-order valence-corrected chi connectivity index (χ3v) is 4.39. The lowest BCUT2D eigenvalue weighted by Crippen LogP contribution is -2.34. The van der Waals surface area contributed by atoms with Crippen molar-refractivity contribution in [3.05, 3.63) is 40.8 Å².